The van der Waals surface area contributed by atoms with Crippen LogP contribution in [0.1, 0.15) is 40.3 Å². The highest BCUT2D eigenvalue weighted by molar-refractivity contribution is 5.88. The van der Waals surface area contributed by atoms with Crippen molar-refractivity contribution in [3.05, 3.63) is 59.0 Å². The number of benzene rings is 1. The summed E-state index contributed by atoms with van der Waals surface area (Å²) in [5.74, 6) is -1.05. The van der Waals surface area contributed by atoms with E-state index >= 15 is 0 Å². The number of carbonyl (C=O) groups is 1. The lowest BCUT2D eigenvalue weighted by molar-refractivity contribution is 0.0687. The zero-order chi connectivity index (χ0) is 13.1. The Morgan fingerprint density at radius 3 is 2.50 bits per heavy atom. The minimum Gasteiger partial charge on any atom is -0.478 e. The number of furan rings is 1. The number of carboxylic acids is 1. The first-order chi connectivity index (χ1) is 8.63. The Morgan fingerprint density at radius 2 is 1.94 bits per heavy atom. The predicted octanol–water partition coefficient (Wildman–Crippen LogP) is 2.62. The lowest BCUT2D eigenvalue weighted by atomic mass is 10.0. The third-order valence-electron chi connectivity index (χ3n) is 2.88. The average molecular weight is 246 g/mol. The van der Waals surface area contributed by atoms with Crippen LogP contribution in [-0.2, 0) is 6.42 Å². The number of hydrogen-bond acceptors (Lipinski definition) is 3. The van der Waals surface area contributed by atoms with Crippen LogP contribution in [0.2, 0.25) is 0 Å². The second-order valence-corrected chi connectivity index (χ2v) is 4.00. The zero-order valence-corrected chi connectivity index (χ0v) is 9.96. The largest absolute Gasteiger partial charge is 0.478 e. The molecule has 0 bridgehead atoms. The minimum atomic E-state index is -1.11. The Hall–Kier alpha value is -2.07. The smallest absolute Gasteiger partial charge is 0.339 e. The highest BCUT2D eigenvalue weighted by Gasteiger charge is 2.21. The highest BCUT2D eigenvalue weighted by Crippen LogP contribution is 2.26. The number of hydrogen-bond donors (Lipinski definition) is 2. The van der Waals surface area contributed by atoms with E-state index < -0.39 is 12.1 Å². The van der Waals surface area contributed by atoms with E-state index in [0.29, 0.717) is 5.56 Å². The lowest BCUT2D eigenvalue weighted by Gasteiger charge is -2.10. The summed E-state index contributed by atoms with van der Waals surface area (Å²) in [5.41, 5.74) is 1.76. The third kappa shape index (κ3) is 2.28. The molecule has 0 amide bonds. The normalized spacial score (nSPS) is 12.3. The maximum Gasteiger partial charge on any atom is 0.339 e. The molecule has 4 nitrogen and oxygen atoms in total. The van der Waals surface area contributed by atoms with Gasteiger partial charge in [0.2, 0.25) is 0 Å². The van der Waals surface area contributed by atoms with Crippen molar-refractivity contribution in [2.75, 3.05) is 0 Å². The van der Waals surface area contributed by atoms with Gasteiger partial charge in [0, 0.05) is 0 Å². The monoisotopic (exact) mass is 246 g/mol. The van der Waals surface area contributed by atoms with E-state index in [-0.39, 0.29) is 11.3 Å². The molecule has 0 spiro atoms. The van der Waals surface area contributed by atoms with E-state index in [2.05, 4.69) is 0 Å². The van der Waals surface area contributed by atoms with Crippen LogP contribution in [0.5, 0.6) is 0 Å². The molecule has 4 heteroatoms. The molecule has 1 unspecified atom stereocenters. The molecule has 18 heavy (non-hydrogen) atoms. The maximum atomic E-state index is 10.9. The van der Waals surface area contributed by atoms with Crippen molar-refractivity contribution in [3.63, 3.8) is 0 Å². The van der Waals surface area contributed by atoms with Crippen molar-refractivity contribution >= 4 is 5.97 Å². The molecule has 94 valence electrons. The fourth-order valence-electron chi connectivity index (χ4n) is 1.80. The summed E-state index contributed by atoms with van der Waals surface area (Å²) >= 11 is 0. The van der Waals surface area contributed by atoms with Gasteiger partial charge in [-0.2, -0.15) is 0 Å². The van der Waals surface area contributed by atoms with E-state index in [1.165, 1.54) is 12.3 Å². The van der Waals surface area contributed by atoms with E-state index in [1.54, 1.807) is 12.1 Å². The van der Waals surface area contributed by atoms with Gasteiger partial charge in [-0.3, -0.25) is 0 Å². The van der Waals surface area contributed by atoms with Crippen molar-refractivity contribution in [3.8, 4) is 0 Å². The van der Waals surface area contributed by atoms with Gasteiger partial charge in [-0.25, -0.2) is 4.79 Å². The lowest BCUT2D eigenvalue weighted by Crippen LogP contribution is -2.05. The van der Waals surface area contributed by atoms with Crippen LogP contribution in [0.3, 0.4) is 0 Å². The van der Waals surface area contributed by atoms with Gasteiger partial charge in [0.1, 0.15) is 11.7 Å². The van der Waals surface area contributed by atoms with Gasteiger partial charge >= 0.3 is 5.97 Å². The van der Waals surface area contributed by atoms with Crippen molar-refractivity contribution in [2.24, 2.45) is 0 Å². The Morgan fingerprint density at radius 1 is 1.28 bits per heavy atom. The number of rotatable bonds is 4. The first kappa shape index (κ1) is 12.4. The standard InChI is InChI=1S/C14H14O4/c1-2-9-3-5-10(6-4-9)12(15)13-11(14(16)17)7-8-18-13/h3-8,12,15H,2H2,1H3,(H,16,17). The molecule has 1 heterocycles. The number of aliphatic hydroxyl groups is 1. The van der Waals surface area contributed by atoms with Crippen LogP contribution in [0.4, 0.5) is 0 Å². The summed E-state index contributed by atoms with van der Waals surface area (Å²) in [5, 5.41) is 19.1. The van der Waals surface area contributed by atoms with Crippen LogP contribution in [-0.4, -0.2) is 16.2 Å². The summed E-state index contributed by atoms with van der Waals surface area (Å²) in [6, 6.07) is 8.69. The Balaban J connectivity index is 2.32. The molecule has 2 N–H and O–H groups in total. The molecule has 0 saturated heterocycles. The van der Waals surface area contributed by atoms with Crippen molar-refractivity contribution in [2.45, 2.75) is 19.4 Å². The first-order valence-electron chi connectivity index (χ1n) is 5.71. The molecule has 0 saturated carbocycles. The summed E-state index contributed by atoms with van der Waals surface area (Å²) in [6.45, 7) is 2.04. The molecule has 1 atom stereocenters. The molecule has 0 aliphatic heterocycles. The van der Waals surface area contributed by atoms with Gasteiger partial charge in [0.15, 0.2) is 5.76 Å². The van der Waals surface area contributed by atoms with Gasteiger partial charge in [-0.05, 0) is 23.6 Å². The molecule has 2 rings (SSSR count). The van der Waals surface area contributed by atoms with E-state index in [0.717, 1.165) is 12.0 Å². The molecule has 2 aromatic rings. The van der Waals surface area contributed by atoms with Gasteiger partial charge in [-0.15, -0.1) is 0 Å². The topological polar surface area (TPSA) is 70.7 Å². The number of aromatic carboxylic acids is 1. The Bertz CT molecular complexity index is 539. The SMILES string of the molecule is CCc1ccc(C(O)c2occc2C(=O)O)cc1. The summed E-state index contributed by atoms with van der Waals surface area (Å²) < 4.78 is 5.07. The molecular formula is C14H14O4. The van der Waals surface area contributed by atoms with Crippen molar-refractivity contribution in [1.82, 2.24) is 0 Å². The number of aryl methyl sites for hydroxylation is 1. The fraction of sp³-hybridized carbons (Fsp3) is 0.214. The zero-order valence-electron chi connectivity index (χ0n) is 9.96. The summed E-state index contributed by atoms with van der Waals surface area (Å²) in [7, 11) is 0. The summed E-state index contributed by atoms with van der Waals surface area (Å²) in [6.07, 6.45) is 1.12. The first-order valence-corrected chi connectivity index (χ1v) is 5.71. The summed E-state index contributed by atoms with van der Waals surface area (Å²) in [4.78, 5) is 10.9. The molecule has 1 aromatic heterocycles. The number of carboxylic acid groups (broad SMARTS) is 1. The van der Waals surface area contributed by atoms with Crippen LogP contribution in [0.15, 0.2) is 41.0 Å². The molecule has 0 aliphatic rings. The molecule has 1 aromatic carbocycles. The molecule has 0 radical (unpaired) electrons. The van der Waals surface area contributed by atoms with Gasteiger partial charge < -0.3 is 14.6 Å². The average Bonchev–Trinajstić information content (AvgIpc) is 2.87. The number of aliphatic hydroxyl groups excluding tert-OH is 1. The van der Waals surface area contributed by atoms with Crippen LogP contribution < -0.4 is 0 Å². The highest BCUT2D eigenvalue weighted by atomic mass is 16.4. The minimum absolute atomic E-state index is 0.0120. The molecule has 0 fully saturated rings. The van der Waals surface area contributed by atoms with Gasteiger partial charge in [-0.1, -0.05) is 31.2 Å². The second-order valence-electron chi connectivity index (χ2n) is 4.00. The van der Waals surface area contributed by atoms with E-state index in [4.69, 9.17) is 9.52 Å². The van der Waals surface area contributed by atoms with E-state index in [1.807, 2.05) is 19.1 Å². The fourth-order valence-corrected chi connectivity index (χ4v) is 1.80. The van der Waals surface area contributed by atoms with Crippen LogP contribution in [0.25, 0.3) is 0 Å². The quantitative estimate of drug-likeness (QED) is 0.869. The molecule has 0 aliphatic carbocycles. The third-order valence-corrected chi connectivity index (χ3v) is 2.88. The van der Waals surface area contributed by atoms with Crippen LogP contribution in [0, 0.1) is 0 Å². The van der Waals surface area contributed by atoms with Gasteiger partial charge in [0.25, 0.3) is 0 Å². The predicted molar refractivity (Wildman–Crippen MR) is 65.5 cm³/mol. The molecular weight excluding hydrogens is 232 g/mol. The van der Waals surface area contributed by atoms with E-state index in [9.17, 15) is 9.90 Å². The van der Waals surface area contributed by atoms with Crippen LogP contribution >= 0.6 is 0 Å². The Labute approximate surface area is 104 Å². The van der Waals surface area contributed by atoms with Gasteiger partial charge in [0.05, 0.1) is 6.26 Å². The second kappa shape index (κ2) is 5.06. The van der Waals surface area contributed by atoms with Crippen molar-refractivity contribution in [1.29, 1.82) is 0 Å². The maximum absolute atomic E-state index is 10.9. The van der Waals surface area contributed by atoms with Crippen molar-refractivity contribution < 1.29 is 19.4 Å². The Kier molecular flexibility index (Phi) is 3.48.